The number of rotatable bonds is 3. The summed E-state index contributed by atoms with van der Waals surface area (Å²) in [6, 6.07) is 7.86. The number of benzene rings is 1. The predicted octanol–water partition coefficient (Wildman–Crippen LogP) is 0.429. The number of carbonyl (C=O) groups is 1. The average molecular weight is 205 g/mol. The van der Waals surface area contributed by atoms with E-state index in [-0.39, 0.29) is 5.91 Å². The molecule has 0 atom stereocenters. The van der Waals surface area contributed by atoms with Crippen LogP contribution in [0, 0.1) is 0 Å². The number of hydrogen-bond acceptors (Lipinski definition) is 3. The van der Waals surface area contributed by atoms with Crippen molar-refractivity contribution in [2.24, 2.45) is 5.73 Å². The van der Waals surface area contributed by atoms with Crippen LogP contribution in [0.25, 0.3) is 0 Å². The largest absolute Gasteiger partial charge is 0.330 e. The molecule has 15 heavy (non-hydrogen) atoms. The molecule has 0 saturated carbocycles. The first-order chi connectivity index (χ1) is 7.33. The third-order valence-electron chi connectivity index (χ3n) is 2.50. The number of hydrogen-bond donors (Lipinski definition) is 2. The molecule has 0 spiro atoms. The lowest BCUT2D eigenvalue weighted by Gasteiger charge is -2.19. The molecule has 1 aliphatic rings. The van der Waals surface area contributed by atoms with Gasteiger partial charge >= 0.3 is 0 Å². The first-order valence-electron chi connectivity index (χ1n) is 5.17. The lowest BCUT2D eigenvalue weighted by Crippen LogP contribution is -2.34. The summed E-state index contributed by atoms with van der Waals surface area (Å²) in [5.41, 5.74) is 10.7. The molecule has 1 aromatic carbocycles. The maximum atomic E-state index is 11.6. The number of anilines is 1. The van der Waals surface area contributed by atoms with E-state index in [1.54, 1.807) is 5.01 Å². The number of nitrogens with zero attached hydrogens (tertiary/aromatic N) is 1. The number of nitrogens with one attached hydrogen (secondary N) is 1. The van der Waals surface area contributed by atoms with Gasteiger partial charge in [-0.05, 0) is 24.6 Å². The zero-order chi connectivity index (χ0) is 10.7. The van der Waals surface area contributed by atoms with Crippen LogP contribution in [-0.4, -0.2) is 19.0 Å². The molecule has 0 bridgehead atoms. The van der Waals surface area contributed by atoms with E-state index < -0.39 is 0 Å². The Kier molecular flexibility index (Phi) is 2.99. The van der Waals surface area contributed by atoms with Gasteiger partial charge in [-0.25, -0.2) is 10.4 Å². The fourth-order valence-electron chi connectivity index (χ4n) is 1.79. The van der Waals surface area contributed by atoms with Crippen LogP contribution in [0.2, 0.25) is 0 Å². The molecule has 1 aromatic rings. The minimum atomic E-state index is 0.125. The summed E-state index contributed by atoms with van der Waals surface area (Å²) >= 11 is 0. The monoisotopic (exact) mass is 205 g/mol. The third-order valence-corrected chi connectivity index (χ3v) is 2.50. The van der Waals surface area contributed by atoms with Crippen molar-refractivity contribution in [3.63, 3.8) is 0 Å². The van der Waals surface area contributed by atoms with Crippen LogP contribution in [0.15, 0.2) is 24.3 Å². The fraction of sp³-hybridized carbons (Fsp3) is 0.364. The highest BCUT2D eigenvalue weighted by Crippen LogP contribution is 2.21. The molecular formula is C11H15N3O. The van der Waals surface area contributed by atoms with Gasteiger partial charge in [-0.15, -0.1) is 0 Å². The normalized spacial score (nSPS) is 16.1. The van der Waals surface area contributed by atoms with E-state index in [0.29, 0.717) is 13.0 Å². The van der Waals surface area contributed by atoms with Crippen LogP contribution < -0.4 is 16.2 Å². The Bertz CT molecular complexity index is 365. The first kappa shape index (κ1) is 10.1. The molecule has 0 unspecified atom stereocenters. The number of carbonyl (C=O) groups excluding carboxylic acids is 1. The summed E-state index contributed by atoms with van der Waals surface area (Å²) in [4.78, 5) is 11.6. The highest BCUT2D eigenvalue weighted by molar-refractivity contribution is 5.95. The molecule has 2 rings (SSSR count). The van der Waals surface area contributed by atoms with Gasteiger partial charge in [0.2, 0.25) is 5.91 Å². The molecule has 1 aliphatic heterocycles. The molecule has 1 heterocycles. The zero-order valence-corrected chi connectivity index (χ0v) is 8.57. The van der Waals surface area contributed by atoms with Crippen molar-refractivity contribution in [1.29, 1.82) is 0 Å². The maximum Gasteiger partial charge on any atom is 0.242 e. The SMILES string of the molecule is NCCc1ccccc1N1NCCC1=O. The topological polar surface area (TPSA) is 58.4 Å². The lowest BCUT2D eigenvalue weighted by atomic mass is 10.1. The minimum absolute atomic E-state index is 0.125. The lowest BCUT2D eigenvalue weighted by molar-refractivity contribution is -0.117. The second-order valence-corrected chi connectivity index (χ2v) is 3.55. The number of amides is 1. The summed E-state index contributed by atoms with van der Waals surface area (Å²) in [6.07, 6.45) is 1.36. The van der Waals surface area contributed by atoms with Crippen molar-refractivity contribution in [1.82, 2.24) is 5.43 Å². The predicted molar refractivity (Wildman–Crippen MR) is 59.3 cm³/mol. The van der Waals surface area contributed by atoms with Gasteiger partial charge in [0.1, 0.15) is 0 Å². The van der Waals surface area contributed by atoms with Crippen LogP contribution in [-0.2, 0) is 11.2 Å². The van der Waals surface area contributed by atoms with Gasteiger partial charge in [0, 0.05) is 13.0 Å². The Labute approximate surface area is 89.0 Å². The molecule has 3 N–H and O–H groups in total. The summed E-state index contributed by atoms with van der Waals surface area (Å²) in [7, 11) is 0. The summed E-state index contributed by atoms with van der Waals surface area (Å²) in [6.45, 7) is 1.31. The van der Waals surface area contributed by atoms with E-state index in [2.05, 4.69) is 5.43 Å². The van der Waals surface area contributed by atoms with Crippen LogP contribution >= 0.6 is 0 Å². The second kappa shape index (κ2) is 4.42. The van der Waals surface area contributed by atoms with Crippen molar-refractivity contribution in [3.05, 3.63) is 29.8 Å². The van der Waals surface area contributed by atoms with Crippen LogP contribution in [0.3, 0.4) is 0 Å². The molecular weight excluding hydrogens is 190 g/mol. The zero-order valence-electron chi connectivity index (χ0n) is 8.57. The highest BCUT2D eigenvalue weighted by Gasteiger charge is 2.22. The van der Waals surface area contributed by atoms with Crippen molar-refractivity contribution in [2.45, 2.75) is 12.8 Å². The van der Waals surface area contributed by atoms with E-state index >= 15 is 0 Å². The Morgan fingerprint density at radius 1 is 1.40 bits per heavy atom. The smallest absolute Gasteiger partial charge is 0.242 e. The molecule has 80 valence electrons. The van der Waals surface area contributed by atoms with Gasteiger partial charge < -0.3 is 5.73 Å². The number of hydrazine groups is 1. The van der Waals surface area contributed by atoms with Crippen LogP contribution in [0.4, 0.5) is 5.69 Å². The Hall–Kier alpha value is -1.39. The fourth-order valence-corrected chi connectivity index (χ4v) is 1.79. The van der Waals surface area contributed by atoms with Crippen molar-refractivity contribution in [3.8, 4) is 0 Å². The molecule has 1 saturated heterocycles. The van der Waals surface area contributed by atoms with Crippen molar-refractivity contribution < 1.29 is 4.79 Å². The van der Waals surface area contributed by atoms with Gasteiger partial charge in [-0.2, -0.15) is 0 Å². The van der Waals surface area contributed by atoms with E-state index in [1.165, 1.54) is 0 Å². The van der Waals surface area contributed by atoms with Gasteiger partial charge in [0.15, 0.2) is 0 Å². The molecule has 0 aliphatic carbocycles. The average Bonchev–Trinajstić information content (AvgIpc) is 2.66. The highest BCUT2D eigenvalue weighted by atomic mass is 16.2. The number of nitrogens with two attached hydrogens (primary N) is 1. The van der Waals surface area contributed by atoms with Crippen molar-refractivity contribution in [2.75, 3.05) is 18.1 Å². The quantitative estimate of drug-likeness (QED) is 0.752. The maximum absolute atomic E-state index is 11.6. The molecule has 4 heteroatoms. The third kappa shape index (κ3) is 2.00. The van der Waals surface area contributed by atoms with E-state index in [0.717, 1.165) is 24.2 Å². The van der Waals surface area contributed by atoms with Gasteiger partial charge in [-0.1, -0.05) is 18.2 Å². The van der Waals surface area contributed by atoms with Gasteiger partial charge in [-0.3, -0.25) is 4.79 Å². The molecule has 1 amide bonds. The summed E-state index contributed by atoms with van der Waals surface area (Å²) < 4.78 is 0. The standard InChI is InChI=1S/C11H15N3O/c12-7-5-9-3-1-2-4-10(9)14-11(15)6-8-13-14/h1-4,13H,5-8,12H2. The van der Waals surface area contributed by atoms with Gasteiger partial charge in [0.25, 0.3) is 0 Å². The van der Waals surface area contributed by atoms with Gasteiger partial charge in [0.05, 0.1) is 5.69 Å². The van der Waals surface area contributed by atoms with E-state index in [1.807, 2.05) is 24.3 Å². The second-order valence-electron chi connectivity index (χ2n) is 3.55. The molecule has 0 radical (unpaired) electrons. The van der Waals surface area contributed by atoms with E-state index in [9.17, 15) is 4.79 Å². The first-order valence-corrected chi connectivity index (χ1v) is 5.17. The van der Waals surface area contributed by atoms with Crippen LogP contribution in [0.5, 0.6) is 0 Å². The number of para-hydroxylation sites is 1. The summed E-state index contributed by atoms with van der Waals surface area (Å²) in [5, 5.41) is 1.63. The molecule has 1 fully saturated rings. The van der Waals surface area contributed by atoms with E-state index in [4.69, 9.17) is 5.73 Å². The molecule has 4 nitrogen and oxygen atoms in total. The summed E-state index contributed by atoms with van der Waals surface area (Å²) in [5.74, 6) is 0.125. The molecule has 0 aromatic heterocycles. The Morgan fingerprint density at radius 2 is 2.20 bits per heavy atom. The minimum Gasteiger partial charge on any atom is -0.330 e. The Balaban J connectivity index is 2.29. The van der Waals surface area contributed by atoms with Crippen LogP contribution in [0.1, 0.15) is 12.0 Å². The van der Waals surface area contributed by atoms with Crippen molar-refractivity contribution >= 4 is 11.6 Å². The Morgan fingerprint density at radius 3 is 2.87 bits per heavy atom.